The molecule has 9 heteroatoms. The molecule has 0 bridgehead atoms. The fourth-order valence-electron chi connectivity index (χ4n) is 1.95. The van der Waals surface area contributed by atoms with Crippen LogP contribution in [0.5, 0.6) is 0 Å². The van der Waals surface area contributed by atoms with Crippen LogP contribution in [0.1, 0.15) is 31.1 Å². The summed E-state index contributed by atoms with van der Waals surface area (Å²) in [5, 5.41) is 12.5. The maximum absolute atomic E-state index is 12.4. The van der Waals surface area contributed by atoms with E-state index in [0.29, 0.717) is 11.5 Å². The zero-order valence-electron chi connectivity index (χ0n) is 12.9. The van der Waals surface area contributed by atoms with E-state index in [2.05, 4.69) is 14.9 Å². The Kier molecular flexibility index (Phi) is 4.53. The summed E-state index contributed by atoms with van der Waals surface area (Å²) in [6.45, 7) is 4.85. The lowest BCUT2D eigenvalue weighted by Crippen LogP contribution is -2.41. The Hall–Kier alpha value is -2.26. The van der Waals surface area contributed by atoms with Crippen molar-refractivity contribution in [3.8, 4) is 0 Å². The molecule has 0 atom stereocenters. The molecule has 2 rings (SSSR count). The molecular weight excluding hydrogens is 322 g/mol. The number of sulfonamides is 1. The second-order valence-corrected chi connectivity index (χ2v) is 7.26. The minimum absolute atomic E-state index is 0.0277. The number of nitrogens with one attached hydrogen (secondary N) is 1. The molecule has 1 aromatic heterocycles. The van der Waals surface area contributed by atoms with Gasteiger partial charge in [0.15, 0.2) is 5.82 Å². The molecule has 0 aliphatic heterocycles. The van der Waals surface area contributed by atoms with E-state index >= 15 is 0 Å². The van der Waals surface area contributed by atoms with Crippen LogP contribution in [0.4, 0.5) is 0 Å². The number of carboxylic acids is 1. The first-order valence-electron chi connectivity index (χ1n) is 6.76. The van der Waals surface area contributed by atoms with E-state index in [-0.39, 0.29) is 17.1 Å². The van der Waals surface area contributed by atoms with Gasteiger partial charge in [0.2, 0.25) is 15.9 Å². The van der Waals surface area contributed by atoms with Crippen molar-refractivity contribution in [2.45, 2.75) is 37.6 Å². The van der Waals surface area contributed by atoms with Crippen molar-refractivity contribution >= 4 is 16.0 Å². The van der Waals surface area contributed by atoms with Gasteiger partial charge in [-0.25, -0.2) is 8.42 Å². The number of benzene rings is 1. The summed E-state index contributed by atoms with van der Waals surface area (Å²) in [6.07, 6.45) is -0.165. The molecule has 1 aromatic carbocycles. The highest BCUT2D eigenvalue weighted by molar-refractivity contribution is 7.89. The minimum Gasteiger partial charge on any atom is -0.481 e. The van der Waals surface area contributed by atoms with Gasteiger partial charge in [0.25, 0.3) is 0 Å². The van der Waals surface area contributed by atoms with Crippen molar-refractivity contribution in [3.63, 3.8) is 0 Å². The fraction of sp³-hybridized carbons (Fsp3) is 0.357. The summed E-state index contributed by atoms with van der Waals surface area (Å²) in [6, 6.07) is 5.65. The lowest BCUT2D eigenvalue weighted by atomic mass is 10.1. The number of hydrogen-bond donors (Lipinski definition) is 2. The van der Waals surface area contributed by atoms with E-state index < -0.39 is 21.5 Å². The van der Waals surface area contributed by atoms with Crippen LogP contribution >= 0.6 is 0 Å². The second kappa shape index (κ2) is 6.09. The normalized spacial score (nSPS) is 12.3. The fourth-order valence-corrected chi connectivity index (χ4v) is 3.33. The molecule has 1 heterocycles. The van der Waals surface area contributed by atoms with Crippen LogP contribution < -0.4 is 4.72 Å². The third-order valence-electron chi connectivity index (χ3n) is 3.07. The van der Waals surface area contributed by atoms with Gasteiger partial charge in [-0.05, 0) is 31.5 Å². The molecule has 8 nitrogen and oxygen atoms in total. The second-order valence-electron chi connectivity index (χ2n) is 5.58. The van der Waals surface area contributed by atoms with Crippen molar-refractivity contribution in [2.75, 3.05) is 0 Å². The van der Waals surface area contributed by atoms with E-state index in [4.69, 9.17) is 9.63 Å². The van der Waals surface area contributed by atoms with E-state index in [1.165, 1.54) is 24.3 Å². The standard InChI is InChI=1S/C14H17N3O5S/c1-9-15-13(16-22-9)14(2,3)17-23(20,21)11-6-4-10(5-7-11)8-12(18)19/h4-7,17H,8H2,1-3H3,(H,18,19). The molecular formula is C14H17N3O5S. The summed E-state index contributed by atoms with van der Waals surface area (Å²) < 4.78 is 32.3. The van der Waals surface area contributed by atoms with Gasteiger partial charge in [-0.1, -0.05) is 17.3 Å². The number of aryl methyl sites for hydroxylation is 1. The van der Waals surface area contributed by atoms with Gasteiger partial charge in [0, 0.05) is 6.92 Å². The zero-order chi connectivity index (χ0) is 17.3. The summed E-state index contributed by atoms with van der Waals surface area (Å²) >= 11 is 0. The van der Waals surface area contributed by atoms with Crippen molar-refractivity contribution < 1.29 is 22.8 Å². The Morgan fingerprint density at radius 3 is 2.39 bits per heavy atom. The number of nitrogens with zero attached hydrogens (tertiary/aromatic N) is 2. The molecule has 124 valence electrons. The summed E-state index contributed by atoms with van der Waals surface area (Å²) in [7, 11) is -3.82. The van der Waals surface area contributed by atoms with Gasteiger partial charge >= 0.3 is 5.97 Å². The van der Waals surface area contributed by atoms with Crippen LogP contribution in [0.2, 0.25) is 0 Å². The lowest BCUT2D eigenvalue weighted by molar-refractivity contribution is -0.136. The minimum atomic E-state index is -3.82. The molecule has 0 unspecified atom stereocenters. The summed E-state index contributed by atoms with van der Waals surface area (Å²) in [5.74, 6) is -0.418. The SMILES string of the molecule is Cc1nc(C(C)(C)NS(=O)(=O)c2ccc(CC(=O)O)cc2)no1. The van der Waals surface area contributed by atoms with Gasteiger partial charge in [-0.15, -0.1) is 0 Å². The molecule has 2 aromatic rings. The van der Waals surface area contributed by atoms with Crippen molar-refractivity contribution in [1.29, 1.82) is 0 Å². The molecule has 0 fully saturated rings. The van der Waals surface area contributed by atoms with E-state index in [1.807, 2.05) is 0 Å². The topological polar surface area (TPSA) is 122 Å². The Labute approximate surface area is 133 Å². The predicted octanol–water partition coefficient (Wildman–Crippen LogP) is 1.22. The van der Waals surface area contributed by atoms with Crippen LogP contribution in [0.3, 0.4) is 0 Å². The number of carboxylic acid groups (broad SMARTS) is 1. The molecule has 0 spiro atoms. The van der Waals surface area contributed by atoms with E-state index in [0.717, 1.165) is 0 Å². The van der Waals surface area contributed by atoms with Crippen LogP contribution in [0.25, 0.3) is 0 Å². The molecule has 0 saturated heterocycles. The van der Waals surface area contributed by atoms with Gasteiger partial charge in [-0.3, -0.25) is 4.79 Å². The maximum Gasteiger partial charge on any atom is 0.307 e. The number of aromatic nitrogens is 2. The predicted molar refractivity (Wildman–Crippen MR) is 80.2 cm³/mol. The Bertz CT molecular complexity index is 809. The van der Waals surface area contributed by atoms with Crippen LogP contribution in [-0.4, -0.2) is 29.6 Å². The summed E-state index contributed by atoms with van der Waals surface area (Å²) in [5.41, 5.74) is -0.541. The van der Waals surface area contributed by atoms with Crippen molar-refractivity contribution in [1.82, 2.24) is 14.9 Å². The van der Waals surface area contributed by atoms with Crippen LogP contribution in [-0.2, 0) is 26.8 Å². The highest BCUT2D eigenvalue weighted by Gasteiger charge is 2.32. The molecule has 0 amide bonds. The van der Waals surface area contributed by atoms with Gasteiger partial charge in [0.1, 0.15) is 0 Å². The first-order valence-corrected chi connectivity index (χ1v) is 8.24. The van der Waals surface area contributed by atoms with Gasteiger partial charge < -0.3 is 9.63 Å². The van der Waals surface area contributed by atoms with Gasteiger partial charge in [-0.2, -0.15) is 9.71 Å². The number of hydrogen-bond acceptors (Lipinski definition) is 6. The first-order chi connectivity index (χ1) is 10.6. The maximum atomic E-state index is 12.4. The highest BCUT2D eigenvalue weighted by atomic mass is 32.2. The smallest absolute Gasteiger partial charge is 0.307 e. The molecule has 0 aliphatic rings. The van der Waals surface area contributed by atoms with E-state index in [1.54, 1.807) is 20.8 Å². The number of carbonyl (C=O) groups is 1. The Morgan fingerprint density at radius 1 is 1.30 bits per heavy atom. The molecule has 0 aliphatic carbocycles. The largest absolute Gasteiger partial charge is 0.481 e. The molecule has 2 N–H and O–H groups in total. The third-order valence-corrected chi connectivity index (χ3v) is 4.74. The van der Waals surface area contributed by atoms with Crippen molar-refractivity contribution in [2.24, 2.45) is 0 Å². The monoisotopic (exact) mass is 339 g/mol. The summed E-state index contributed by atoms with van der Waals surface area (Å²) in [4.78, 5) is 14.7. The molecule has 0 saturated carbocycles. The quantitative estimate of drug-likeness (QED) is 0.811. The van der Waals surface area contributed by atoms with Crippen LogP contribution in [0, 0.1) is 6.92 Å². The zero-order valence-corrected chi connectivity index (χ0v) is 13.7. The molecule has 23 heavy (non-hydrogen) atoms. The highest BCUT2D eigenvalue weighted by Crippen LogP contribution is 2.21. The van der Waals surface area contributed by atoms with Crippen molar-refractivity contribution in [3.05, 3.63) is 41.5 Å². The Morgan fingerprint density at radius 2 is 1.91 bits per heavy atom. The first kappa shape index (κ1) is 17.1. The van der Waals surface area contributed by atoms with Crippen LogP contribution in [0.15, 0.2) is 33.7 Å². The third kappa shape index (κ3) is 4.14. The Balaban J connectivity index is 2.22. The lowest BCUT2D eigenvalue weighted by Gasteiger charge is -2.22. The average molecular weight is 339 g/mol. The number of rotatable bonds is 6. The van der Waals surface area contributed by atoms with E-state index in [9.17, 15) is 13.2 Å². The molecule has 0 radical (unpaired) electrons. The van der Waals surface area contributed by atoms with Gasteiger partial charge in [0.05, 0.1) is 16.9 Å². The number of aliphatic carboxylic acids is 1. The average Bonchev–Trinajstić information content (AvgIpc) is 2.85.